The van der Waals surface area contributed by atoms with Gasteiger partial charge in [0.05, 0.1) is 12.1 Å². The Labute approximate surface area is 106 Å². The molecule has 2 rings (SSSR count). The summed E-state index contributed by atoms with van der Waals surface area (Å²) in [5, 5.41) is 10.7. The first kappa shape index (κ1) is 12.8. The van der Waals surface area contributed by atoms with Gasteiger partial charge in [0.2, 0.25) is 0 Å². The van der Waals surface area contributed by atoms with Crippen LogP contribution in [0, 0.1) is 11.3 Å². The second-order valence-corrected chi connectivity index (χ2v) is 7.05. The first-order valence-electron chi connectivity index (χ1n) is 7.09. The van der Waals surface area contributed by atoms with Gasteiger partial charge in [-0.05, 0) is 37.0 Å². The molecule has 1 heterocycles. The zero-order chi connectivity index (χ0) is 12.5. The van der Waals surface area contributed by atoms with Crippen LogP contribution in [0.25, 0.3) is 0 Å². The van der Waals surface area contributed by atoms with Crippen molar-refractivity contribution in [3.05, 3.63) is 0 Å². The van der Waals surface area contributed by atoms with Gasteiger partial charge in [-0.2, -0.15) is 5.11 Å². The van der Waals surface area contributed by atoms with Crippen molar-refractivity contribution >= 4 is 0 Å². The number of rotatable bonds is 1. The third-order valence-electron chi connectivity index (χ3n) is 4.15. The zero-order valence-corrected chi connectivity index (χ0v) is 11.8. The Morgan fingerprint density at radius 3 is 2.59 bits per heavy atom. The molecule has 3 heteroatoms. The second kappa shape index (κ2) is 4.95. The highest BCUT2D eigenvalue weighted by Crippen LogP contribution is 2.35. The van der Waals surface area contributed by atoms with Crippen molar-refractivity contribution < 1.29 is 0 Å². The van der Waals surface area contributed by atoms with Crippen LogP contribution in [0.5, 0.6) is 0 Å². The van der Waals surface area contributed by atoms with Gasteiger partial charge in [0.1, 0.15) is 0 Å². The highest BCUT2D eigenvalue weighted by atomic mass is 15.6. The number of likely N-dealkylation sites (N-methyl/N-ethyl adjacent to an activating group) is 1. The van der Waals surface area contributed by atoms with E-state index in [-0.39, 0.29) is 0 Å². The molecule has 0 saturated heterocycles. The lowest BCUT2D eigenvalue weighted by molar-refractivity contribution is 0.191. The highest BCUT2D eigenvalue weighted by molar-refractivity contribution is 4.88. The van der Waals surface area contributed by atoms with Gasteiger partial charge in [-0.15, -0.1) is 0 Å². The van der Waals surface area contributed by atoms with Crippen molar-refractivity contribution in [2.24, 2.45) is 21.7 Å². The van der Waals surface area contributed by atoms with Gasteiger partial charge in [0.25, 0.3) is 0 Å². The SMILES string of the molecule is CN1N=NC2CCCC(CC(C)(C)C)CCC21. The van der Waals surface area contributed by atoms with Crippen LogP contribution >= 0.6 is 0 Å². The molecule has 1 saturated carbocycles. The van der Waals surface area contributed by atoms with E-state index in [0.29, 0.717) is 17.5 Å². The molecule has 3 unspecified atom stereocenters. The van der Waals surface area contributed by atoms with Gasteiger partial charge >= 0.3 is 0 Å². The molecule has 17 heavy (non-hydrogen) atoms. The van der Waals surface area contributed by atoms with Crippen LogP contribution in [-0.4, -0.2) is 24.1 Å². The minimum absolute atomic E-state index is 0.472. The fourth-order valence-electron chi connectivity index (χ4n) is 3.41. The Bertz CT molecular complexity index is 280. The third-order valence-corrected chi connectivity index (χ3v) is 4.15. The number of hydrogen-bond acceptors (Lipinski definition) is 3. The average molecular weight is 237 g/mol. The smallest absolute Gasteiger partial charge is 0.0949 e. The van der Waals surface area contributed by atoms with Crippen molar-refractivity contribution in [1.82, 2.24) is 5.01 Å². The highest BCUT2D eigenvalue weighted by Gasteiger charge is 2.32. The van der Waals surface area contributed by atoms with Crippen LogP contribution < -0.4 is 0 Å². The summed E-state index contributed by atoms with van der Waals surface area (Å²) in [5.74, 6) is 0.907. The van der Waals surface area contributed by atoms with Crippen LogP contribution in [0.1, 0.15) is 59.3 Å². The molecule has 2 aliphatic rings. The summed E-state index contributed by atoms with van der Waals surface area (Å²) < 4.78 is 0. The van der Waals surface area contributed by atoms with E-state index in [0.717, 1.165) is 5.92 Å². The molecule has 98 valence electrons. The Balaban J connectivity index is 1.90. The maximum atomic E-state index is 4.39. The van der Waals surface area contributed by atoms with Crippen molar-refractivity contribution in [2.75, 3.05) is 7.05 Å². The molecule has 3 nitrogen and oxygen atoms in total. The Morgan fingerprint density at radius 2 is 1.88 bits per heavy atom. The van der Waals surface area contributed by atoms with Crippen molar-refractivity contribution in [3.63, 3.8) is 0 Å². The van der Waals surface area contributed by atoms with Gasteiger partial charge in [0.15, 0.2) is 0 Å². The van der Waals surface area contributed by atoms with Crippen LogP contribution in [0.3, 0.4) is 0 Å². The predicted molar refractivity (Wildman–Crippen MR) is 70.8 cm³/mol. The van der Waals surface area contributed by atoms with E-state index < -0.39 is 0 Å². The van der Waals surface area contributed by atoms with Crippen LogP contribution in [0.15, 0.2) is 10.3 Å². The molecule has 0 aromatic rings. The zero-order valence-electron chi connectivity index (χ0n) is 11.8. The molecule has 0 spiro atoms. The van der Waals surface area contributed by atoms with E-state index in [9.17, 15) is 0 Å². The predicted octanol–water partition coefficient (Wildman–Crippen LogP) is 4.05. The summed E-state index contributed by atoms with van der Waals surface area (Å²) in [7, 11) is 2.08. The van der Waals surface area contributed by atoms with Crippen molar-refractivity contribution in [2.45, 2.75) is 71.4 Å². The summed E-state index contributed by atoms with van der Waals surface area (Å²) >= 11 is 0. The molecule has 1 fully saturated rings. The molecule has 3 atom stereocenters. The molecule has 1 aliphatic carbocycles. The average Bonchev–Trinajstić information content (AvgIpc) is 2.50. The van der Waals surface area contributed by atoms with E-state index in [1.54, 1.807) is 0 Å². The molecule has 0 aromatic heterocycles. The van der Waals surface area contributed by atoms with Crippen molar-refractivity contribution in [1.29, 1.82) is 0 Å². The maximum Gasteiger partial charge on any atom is 0.0949 e. The number of nitrogens with zero attached hydrogens (tertiary/aromatic N) is 3. The van der Waals surface area contributed by atoms with E-state index in [2.05, 4.69) is 43.2 Å². The molecule has 0 aromatic carbocycles. The molecular weight excluding hydrogens is 210 g/mol. The Morgan fingerprint density at radius 1 is 1.12 bits per heavy atom. The summed E-state index contributed by atoms with van der Waals surface area (Å²) in [4.78, 5) is 0. The minimum atomic E-state index is 0.472. The maximum absolute atomic E-state index is 4.39. The number of hydrogen-bond donors (Lipinski definition) is 0. The molecule has 0 N–H and O–H groups in total. The minimum Gasteiger partial charge on any atom is -0.277 e. The fraction of sp³-hybridized carbons (Fsp3) is 1.00. The topological polar surface area (TPSA) is 28.0 Å². The van der Waals surface area contributed by atoms with E-state index in [4.69, 9.17) is 0 Å². The van der Waals surface area contributed by atoms with E-state index in [1.807, 2.05) is 0 Å². The summed E-state index contributed by atoms with van der Waals surface area (Å²) in [6.45, 7) is 7.09. The first-order chi connectivity index (χ1) is 7.96. The first-order valence-corrected chi connectivity index (χ1v) is 7.09. The fourth-order valence-corrected chi connectivity index (χ4v) is 3.41. The lowest BCUT2D eigenvalue weighted by Gasteiger charge is -2.31. The molecule has 0 radical (unpaired) electrons. The quantitative estimate of drug-likeness (QED) is 0.676. The second-order valence-electron chi connectivity index (χ2n) is 7.05. The standard InChI is InChI=1S/C14H27N3/c1-14(2,3)10-11-6-5-7-12-13(9-8-11)17(4)16-15-12/h11-13H,5-10H2,1-4H3. The Hall–Kier alpha value is -0.600. The molecule has 1 aliphatic heterocycles. The molecule has 0 amide bonds. The number of fused-ring (bicyclic) bond motifs is 1. The monoisotopic (exact) mass is 237 g/mol. The van der Waals surface area contributed by atoms with Crippen molar-refractivity contribution in [3.8, 4) is 0 Å². The van der Waals surface area contributed by atoms with Gasteiger partial charge < -0.3 is 0 Å². The lowest BCUT2D eigenvalue weighted by atomic mass is 9.77. The van der Waals surface area contributed by atoms with E-state index in [1.165, 1.54) is 38.5 Å². The van der Waals surface area contributed by atoms with Gasteiger partial charge in [-0.25, -0.2) is 0 Å². The van der Waals surface area contributed by atoms with Crippen LogP contribution in [0.4, 0.5) is 0 Å². The summed E-state index contributed by atoms with van der Waals surface area (Å²) in [5.41, 5.74) is 0.472. The van der Waals surface area contributed by atoms with Crippen LogP contribution in [0.2, 0.25) is 0 Å². The molecule has 0 bridgehead atoms. The largest absolute Gasteiger partial charge is 0.277 e. The Kier molecular flexibility index (Phi) is 3.74. The summed E-state index contributed by atoms with van der Waals surface area (Å²) in [6, 6.07) is 1.06. The normalized spacial score (nSPS) is 34.4. The third kappa shape index (κ3) is 3.43. The van der Waals surface area contributed by atoms with Gasteiger partial charge in [-0.3, -0.25) is 5.01 Å². The van der Waals surface area contributed by atoms with E-state index >= 15 is 0 Å². The summed E-state index contributed by atoms with van der Waals surface area (Å²) in [6.07, 6.45) is 7.94. The van der Waals surface area contributed by atoms with Gasteiger partial charge in [0, 0.05) is 7.05 Å². The van der Waals surface area contributed by atoms with Gasteiger partial charge in [-0.1, -0.05) is 38.8 Å². The van der Waals surface area contributed by atoms with Crippen LogP contribution in [-0.2, 0) is 0 Å². The lowest BCUT2D eigenvalue weighted by Crippen LogP contribution is -2.34. The molecular formula is C14H27N3.